The first kappa shape index (κ1) is 14.5. The van der Waals surface area contributed by atoms with E-state index in [1.807, 2.05) is 40.9 Å². The van der Waals surface area contributed by atoms with Gasteiger partial charge in [0, 0.05) is 22.7 Å². The molecule has 0 spiro atoms. The molecular formula is C20H11ClN2O. The number of nitrogens with zero attached hydrogens (tertiary/aromatic N) is 2. The van der Waals surface area contributed by atoms with Gasteiger partial charge in [0.25, 0.3) is 0 Å². The van der Waals surface area contributed by atoms with E-state index in [0.29, 0.717) is 21.7 Å². The van der Waals surface area contributed by atoms with E-state index >= 15 is 0 Å². The molecule has 0 aliphatic heterocycles. The maximum absolute atomic E-state index is 13.0. The Morgan fingerprint density at radius 2 is 1.83 bits per heavy atom. The van der Waals surface area contributed by atoms with Gasteiger partial charge in [0.15, 0.2) is 5.78 Å². The second kappa shape index (κ2) is 5.52. The lowest BCUT2D eigenvalue weighted by molar-refractivity contribution is 0.104. The fourth-order valence-electron chi connectivity index (χ4n) is 3.00. The van der Waals surface area contributed by atoms with Gasteiger partial charge in [-0.2, -0.15) is 5.26 Å². The Balaban J connectivity index is 2.12. The topological polar surface area (TPSA) is 45.3 Å². The summed E-state index contributed by atoms with van der Waals surface area (Å²) in [5.74, 6) is -0.116. The molecule has 0 aliphatic carbocycles. The molecule has 0 N–H and O–H groups in total. The molecule has 24 heavy (non-hydrogen) atoms. The minimum Gasteiger partial charge on any atom is -0.314 e. The number of hydrogen-bond donors (Lipinski definition) is 0. The number of halogens is 1. The predicted octanol–water partition coefficient (Wildman–Crippen LogP) is 4.85. The van der Waals surface area contributed by atoms with Crippen molar-refractivity contribution in [3.05, 3.63) is 88.6 Å². The van der Waals surface area contributed by atoms with Crippen LogP contribution < -0.4 is 0 Å². The maximum atomic E-state index is 13.0. The third-order valence-corrected chi connectivity index (χ3v) is 4.37. The molecule has 0 unspecified atom stereocenters. The van der Waals surface area contributed by atoms with Crippen molar-refractivity contribution in [2.75, 3.05) is 0 Å². The Bertz CT molecular complexity index is 1140. The zero-order valence-electron chi connectivity index (χ0n) is 12.5. The summed E-state index contributed by atoms with van der Waals surface area (Å²) in [7, 11) is 0. The number of ketones is 1. The van der Waals surface area contributed by atoms with Crippen molar-refractivity contribution >= 4 is 33.8 Å². The highest BCUT2D eigenvalue weighted by atomic mass is 35.5. The van der Waals surface area contributed by atoms with E-state index in [9.17, 15) is 10.1 Å². The molecule has 0 saturated heterocycles. The number of hydrogen-bond acceptors (Lipinski definition) is 2. The Kier molecular flexibility index (Phi) is 3.34. The molecule has 0 aliphatic rings. The average molecular weight is 331 g/mol. The summed E-state index contributed by atoms with van der Waals surface area (Å²) in [5, 5.41) is 10.7. The van der Waals surface area contributed by atoms with E-state index in [4.69, 9.17) is 11.6 Å². The molecular weight excluding hydrogens is 320 g/mol. The Hall–Kier alpha value is -3.09. The number of fused-ring (bicyclic) bond motifs is 3. The van der Waals surface area contributed by atoms with Crippen LogP contribution in [0.1, 0.15) is 21.5 Å². The van der Waals surface area contributed by atoms with Crippen LogP contribution in [0, 0.1) is 11.3 Å². The van der Waals surface area contributed by atoms with E-state index in [0.717, 1.165) is 16.4 Å². The molecule has 4 rings (SSSR count). The average Bonchev–Trinajstić information content (AvgIpc) is 3.11. The number of benzene rings is 2. The van der Waals surface area contributed by atoms with Crippen LogP contribution >= 0.6 is 11.6 Å². The van der Waals surface area contributed by atoms with E-state index < -0.39 is 0 Å². The van der Waals surface area contributed by atoms with Crippen LogP contribution in [0.15, 0.2) is 66.9 Å². The van der Waals surface area contributed by atoms with Gasteiger partial charge >= 0.3 is 0 Å². The SMILES string of the molecule is N#Cc1cc(C(=O)c2ccccc2)c2c(c1)cc(Cl)c1cccn12. The summed E-state index contributed by atoms with van der Waals surface area (Å²) < 4.78 is 1.90. The molecule has 0 amide bonds. The lowest BCUT2D eigenvalue weighted by Crippen LogP contribution is -2.05. The van der Waals surface area contributed by atoms with Gasteiger partial charge < -0.3 is 4.40 Å². The van der Waals surface area contributed by atoms with Gasteiger partial charge in [-0.25, -0.2) is 0 Å². The number of aromatic nitrogens is 1. The first-order valence-corrected chi connectivity index (χ1v) is 7.80. The maximum Gasteiger partial charge on any atom is 0.195 e. The molecule has 0 saturated carbocycles. The fourth-order valence-corrected chi connectivity index (χ4v) is 3.27. The van der Waals surface area contributed by atoms with E-state index in [1.165, 1.54) is 0 Å². The number of carbonyl (C=O) groups excluding carboxylic acids is 1. The third-order valence-electron chi connectivity index (χ3n) is 4.07. The van der Waals surface area contributed by atoms with Gasteiger partial charge in [0.05, 0.1) is 27.7 Å². The van der Waals surface area contributed by atoms with Crippen LogP contribution in [-0.4, -0.2) is 10.2 Å². The molecule has 0 radical (unpaired) electrons. The zero-order valence-corrected chi connectivity index (χ0v) is 13.3. The number of carbonyl (C=O) groups is 1. The summed E-state index contributed by atoms with van der Waals surface area (Å²) in [6, 6.07) is 20.2. The molecule has 0 bridgehead atoms. The Labute approximate surface area is 143 Å². The summed E-state index contributed by atoms with van der Waals surface area (Å²) in [4.78, 5) is 13.0. The molecule has 114 valence electrons. The molecule has 2 aromatic heterocycles. The predicted molar refractivity (Wildman–Crippen MR) is 94.5 cm³/mol. The highest BCUT2D eigenvalue weighted by Crippen LogP contribution is 2.30. The van der Waals surface area contributed by atoms with Crippen molar-refractivity contribution in [3.8, 4) is 6.07 Å². The molecule has 0 atom stereocenters. The van der Waals surface area contributed by atoms with Crippen molar-refractivity contribution in [3.63, 3.8) is 0 Å². The van der Waals surface area contributed by atoms with E-state index in [2.05, 4.69) is 6.07 Å². The molecule has 3 nitrogen and oxygen atoms in total. The second-order valence-corrected chi connectivity index (χ2v) is 5.93. The zero-order chi connectivity index (χ0) is 16.7. The minimum atomic E-state index is -0.116. The van der Waals surface area contributed by atoms with Crippen LogP contribution in [0.4, 0.5) is 0 Å². The van der Waals surface area contributed by atoms with Crippen LogP contribution in [0.3, 0.4) is 0 Å². The lowest BCUT2D eigenvalue weighted by Gasteiger charge is -2.11. The largest absolute Gasteiger partial charge is 0.314 e. The van der Waals surface area contributed by atoms with Crippen LogP contribution in [0.25, 0.3) is 16.4 Å². The summed E-state index contributed by atoms with van der Waals surface area (Å²) in [6.45, 7) is 0. The van der Waals surface area contributed by atoms with Gasteiger partial charge in [-0.3, -0.25) is 4.79 Å². The fraction of sp³-hybridized carbons (Fsp3) is 0. The first-order chi connectivity index (χ1) is 11.7. The molecule has 2 aromatic carbocycles. The van der Waals surface area contributed by atoms with E-state index in [1.54, 1.807) is 30.3 Å². The molecule has 2 heterocycles. The molecule has 4 heteroatoms. The number of rotatable bonds is 2. The molecule has 0 fully saturated rings. The van der Waals surface area contributed by atoms with Gasteiger partial charge in [0.1, 0.15) is 0 Å². The van der Waals surface area contributed by atoms with Crippen LogP contribution in [-0.2, 0) is 0 Å². The summed E-state index contributed by atoms with van der Waals surface area (Å²) in [5.41, 5.74) is 3.10. The standard InChI is InChI=1S/C20H11ClN2O/c21-17-11-15-9-13(12-22)10-16(19(15)23-8-4-7-18(17)23)20(24)14-5-2-1-3-6-14/h1-11H. The smallest absolute Gasteiger partial charge is 0.195 e. The second-order valence-electron chi connectivity index (χ2n) is 5.52. The Morgan fingerprint density at radius 1 is 1.04 bits per heavy atom. The highest BCUT2D eigenvalue weighted by Gasteiger charge is 2.17. The Morgan fingerprint density at radius 3 is 2.58 bits per heavy atom. The van der Waals surface area contributed by atoms with E-state index in [-0.39, 0.29) is 5.78 Å². The lowest BCUT2D eigenvalue weighted by atomic mass is 9.98. The van der Waals surface area contributed by atoms with Gasteiger partial charge in [0.2, 0.25) is 0 Å². The van der Waals surface area contributed by atoms with Gasteiger partial charge in [-0.1, -0.05) is 41.9 Å². The summed E-state index contributed by atoms with van der Waals surface area (Å²) in [6.07, 6.45) is 1.87. The van der Waals surface area contributed by atoms with Crippen molar-refractivity contribution in [2.24, 2.45) is 0 Å². The number of nitriles is 1. The third kappa shape index (κ3) is 2.17. The van der Waals surface area contributed by atoms with Crippen molar-refractivity contribution < 1.29 is 4.79 Å². The number of pyridine rings is 1. The van der Waals surface area contributed by atoms with Crippen LogP contribution in [0.5, 0.6) is 0 Å². The first-order valence-electron chi connectivity index (χ1n) is 7.42. The van der Waals surface area contributed by atoms with Crippen molar-refractivity contribution in [2.45, 2.75) is 0 Å². The quantitative estimate of drug-likeness (QED) is 0.493. The van der Waals surface area contributed by atoms with Crippen molar-refractivity contribution in [1.29, 1.82) is 5.26 Å². The normalized spacial score (nSPS) is 10.8. The summed E-state index contributed by atoms with van der Waals surface area (Å²) >= 11 is 6.33. The minimum absolute atomic E-state index is 0.116. The monoisotopic (exact) mass is 330 g/mol. The molecule has 4 aromatic rings. The highest BCUT2D eigenvalue weighted by molar-refractivity contribution is 6.35. The van der Waals surface area contributed by atoms with Gasteiger partial charge in [-0.05, 0) is 30.3 Å². The van der Waals surface area contributed by atoms with Gasteiger partial charge in [-0.15, -0.1) is 0 Å². The van der Waals surface area contributed by atoms with Crippen LogP contribution in [0.2, 0.25) is 5.02 Å². The van der Waals surface area contributed by atoms with Crippen molar-refractivity contribution in [1.82, 2.24) is 4.40 Å².